The zero-order chi connectivity index (χ0) is 17.6. The van der Waals surface area contributed by atoms with Crippen LogP contribution in [0.15, 0.2) is 30.3 Å². The molecule has 0 saturated carbocycles. The molecular weight excluding hydrogens is 420 g/mol. The lowest BCUT2D eigenvalue weighted by Crippen LogP contribution is -2.72. The molecule has 0 radical (unpaired) electrons. The molecule has 2 bridgehead atoms. The highest BCUT2D eigenvalue weighted by molar-refractivity contribution is 14.1. The minimum Gasteiger partial charge on any atom is -0.468 e. The van der Waals surface area contributed by atoms with E-state index in [1.165, 1.54) is 7.11 Å². The van der Waals surface area contributed by atoms with E-state index in [4.69, 9.17) is 4.74 Å². The predicted molar refractivity (Wildman–Crippen MR) is 101 cm³/mol. The van der Waals surface area contributed by atoms with Crippen LogP contribution in [0.2, 0.25) is 0 Å². The van der Waals surface area contributed by atoms with Gasteiger partial charge in [0.1, 0.15) is 5.67 Å². The van der Waals surface area contributed by atoms with Gasteiger partial charge in [0.15, 0.2) is 3.42 Å². The summed E-state index contributed by atoms with van der Waals surface area (Å²) in [5.41, 5.74) is -1.24. The number of hydrogen-bond acceptors (Lipinski definition) is 3. The van der Waals surface area contributed by atoms with E-state index >= 15 is 4.39 Å². The molecular formula is C19H25FINO2. The van der Waals surface area contributed by atoms with Gasteiger partial charge in [-0.3, -0.25) is 9.69 Å². The number of piperidine rings is 1. The van der Waals surface area contributed by atoms with Crippen LogP contribution in [-0.4, -0.2) is 40.2 Å². The van der Waals surface area contributed by atoms with Gasteiger partial charge in [0.25, 0.3) is 0 Å². The van der Waals surface area contributed by atoms with Gasteiger partial charge in [-0.15, -0.1) is 0 Å². The average molecular weight is 445 g/mol. The topological polar surface area (TPSA) is 29.5 Å². The van der Waals surface area contributed by atoms with Crippen LogP contribution in [0.3, 0.4) is 0 Å². The number of ether oxygens (including phenoxy) is 1. The van der Waals surface area contributed by atoms with E-state index in [1.54, 1.807) is 0 Å². The van der Waals surface area contributed by atoms with Crippen molar-refractivity contribution in [1.29, 1.82) is 0 Å². The maximum Gasteiger partial charge on any atom is 0.327 e. The lowest BCUT2D eigenvalue weighted by atomic mass is 9.65. The second kappa shape index (κ2) is 6.24. The fourth-order valence-electron chi connectivity index (χ4n) is 5.02. The molecule has 0 amide bonds. The van der Waals surface area contributed by atoms with Crippen molar-refractivity contribution in [2.45, 2.75) is 59.7 Å². The number of methoxy groups -OCH3 is 1. The summed E-state index contributed by atoms with van der Waals surface area (Å²) in [5.74, 6) is -0.449. The van der Waals surface area contributed by atoms with Crippen LogP contribution >= 0.6 is 22.6 Å². The molecule has 0 aromatic heterocycles. The fourth-order valence-corrected chi connectivity index (χ4v) is 6.69. The number of carbonyl (C=O) groups excluding carboxylic acids is 1. The van der Waals surface area contributed by atoms with Crippen LogP contribution in [0.5, 0.6) is 0 Å². The summed E-state index contributed by atoms with van der Waals surface area (Å²) >= 11 is 2.09. The first-order valence-corrected chi connectivity index (χ1v) is 9.70. The SMILES string of the molecule is CCCC1(F)C[C@@H]2CC[C@@](c3ccccc3)(N2C)C1(I)C(=O)OC. The first-order chi connectivity index (χ1) is 11.4. The molecule has 3 rings (SSSR count). The zero-order valence-corrected chi connectivity index (χ0v) is 16.7. The fraction of sp³-hybridized carbons (Fsp3) is 0.632. The summed E-state index contributed by atoms with van der Waals surface area (Å²) in [6.45, 7) is 1.98. The van der Waals surface area contributed by atoms with Gasteiger partial charge >= 0.3 is 5.97 Å². The van der Waals surface area contributed by atoms with E-state index < -0.39 is 20.6 Å². The number of fused-ring (bicyclic) bond motifs is 2. The summed E-state index contributed by atoms with van der Waals surface area (Å²) in [4.78, 5) is 15.2. The summed E-state index contributed by atoms with van der Waals surface area (Å²) < 4.78 is 20.3. The van der Waals surface area contributed by atoms with Crippen LogP contribution in [0.25, 0.3) is 0 Å². The smallest absolute Gasteiger partial charge is 0.327 e. The van der Waals surface area contributed by atoms with Crippen molar-refractivity contribution in [3.05, 3.63) is 35.9 Å². The number of hydrogen-bond donors (Lipinski definition) is 0. The Hall–Kier alpha value is -0.690. The van der Waals surface area contributed by atoms with Crippen molar-refractivity contribution in [2.75, 3.05) is 14.2 Å². The van der Waals surface area contributed by atoms with Crippen LogP contribution < -0.4 is 0 Å². The summed E-state index contributed by atoms with van der Waals surface area (Å²) in [6.07, 6.45) is 3.15. The van der Waals surface area contributed by atoms with Gasteiger partial charge in [0.05, 0.1) is 12.6 Å². The molecule has 0 spiro atoms. The maximum atomic E-state index is 16.4. The number of alkyl halides is 2. The van der Waals surface area contributed by atoms with E-state index in [0.29, 0.717) is 19.3 Å². The average Bonchev–Trinajstić information content (AvgIpc) is 2.86. The molecule has 2 unspecified atom stereocenters. The zero-order valence-electron chi connectivity index (χ0n) is 14.5. The highest BCUT2D eigenvalue weighted by atomic mass is 127. The van der Waals surface area contributed by atoms with E-state index in [-0.39, 0.29) is 6.04 Å². The third-order valence-electron chi connectivity index (χ3n) is 6.10. The van der Waals surface area contributed by atoms with Gasteiger partial charge in [-0.25, -0.2) is 4.39 Å². The summed E-state index contributed by atoms with van der Waals surface area (Å²) in [5, 5.41) is 0. The van der Waals surface area contributed by atoms with Gasteiger partial charge in [0, 0.05) is 6.04 Å². The molecule has 2 aliphatic rings. The molecule has 2 heterocycles. The Balaban J connectivity index is 2.27. The summed E-state index contributed by atoms with van der Waals surface area (Å²) in [6, 6.07) is 10.1. The molecule has 4 atom stereocenters. The molecule has 3 nitrogen and oxygen atoms in total. The monoisotopic (exact) mass is 445 g/mol. The lowest BCUT2D eigenvalue weighted by Gasteiger charge is -2.58. The third kappa shape index (κ3) is 2.13. The highest BCUT2D eigenvalue weighted by Gasteiger charge is 2.75. The standard InChI is InChI=1S/C19H25FINO2/c1-4-11-17(20)13-15-10-12-18(22(15)2,14-8-6-5-7-9-14)19(17,21)16(23)24-3/h5-9,15H,4,10-13H2,1-3H3/t15-,17?,18-,19?/m0/s1. The number of nitrogens with zero attached hydrogens (tertiary/aromatic N) is 1. The van der Waals surface area contributed by atoms with Gasteiger partial charge < -0.3 is 4.74 Å². The van der Waals surface area contributed by atoms with Crippen molar-refractivity contribution in [3.63, 3.8) is 0 Å². The van der Waals surface area contributed by atoms with E-state index in [0.717, 1.165) is 18.4 Å². The highest BCUT2D eigenvalue weighted by Crippen LogP contribution is 2.65. The molecule has 1 aromatic rings. The Bertz CT molecular complexity index is 627. The first kappa shape index (κ1) is 18.1. The number of esters is 1. The molecule has 0 aliphatic carbocycles. The van der Waals surface area contributed by atoms with E-state index in [1.807, 2.05) is 44.3 Å². The number of halogens is 2. The van der Waals surface area contributed by atoms with E-state index in [2.05, 4.69) is 27.5 Å². The largest absolute Gasteiger partial charge is 0.468 e. The number of benzene rings is 1. The molecule has 2 fully saturated rings. The predicted octanol–water partition coefficient (Wildman–Crippen LogP) is 4.24. The van der Waals surface area contributed by atoms with Crippen LogP contribution in [0, 0.1) is 0 Å². The molecule has 5 heteroatoms. The molecule has 132 valence electrons. The van der Waals surface area contributed by atoms with Crippen molar-refractivity contribution < 1.29 is 13.9 Å². The van der Waals surface area contributed by atoms with Gasteiger partial charge in [0.2, 0.25) is 0 Å². The Morgan fingerprint density at radius 3 is 2.67 bits per heavy atom. The normalized spacial score (nSPS) is 39.0. The van der Waals surface area contributed by atoms with Gasteiger partial charge in [-0.05, 0) is 38.3 Å². The minimum absolute atomic E-state index is 0.161. The quantitative estimate of drug-likeness (QED) is 0.395. The molecule has 0 N–H and O–H groups in total. The number of carbonyl (C=O) groups is 1. The molecule has 2 aliphatic heterocycles. The molecule has 1 aromatic carbocycles. The Kier molecular flexibility index (Phi) is 4.71. The van der Waals surface area contributed by atoms with E-state index in [9.17, 15) is 4.79 Å². The van der Waals surface area contributed by atoms with Crippen LogP contribution in [0.4, 0.5) is 4.39 Å². The lowest BCUT2D eigenvalue weighted by molar-refractivity contribution is -0.161. The van der Waals surface area contributed by atoms with Crippen molar-refractivity contribution >= 4 is 28.6 Å². The Morgan fingerprint density at radius 2 is 2.08 bits per heavy atom. The Labute approximate surface area is 157 Å². The minimum atomic E-state index is -1.57. The van der Waals surface area contributed by atoms with Crippen molar-refractivity contribution in [1.82, 2.24) is 4.90 Å². The third-order valence-corrected chi connectivity index (χ3v) is 8.40. The van der Waals surface area contributed by atoms with Gasteiger partial charge in [-0.2, -0.15) is 0 Å². The summed E-state index contributed by atoms with van der Waals surface area (Å²) in [7, 11) is 3.40. The second-order valence-electron chi connectivity index (χ2n) is 7.10. The molecule has 2 saturated heterocycles. The van der Waals surface area contributed by atoms with Crippen molar-refractivity contribution in [3.8, 4) is 0 Å². The maximum absolute atomic E-state index is 16.4. The van der Waals surface area contributed by atoms with Crippen LogP contribution in [-0.2, 0) is 15.1 Å². The van der Waals surface area contributed by atoms with Crippen LogP contribution in [0.1, 0.15) is 44.6 Å². The molecule has 24 heavy (non-hydrogen) atoms. The van der Waals surface area contributed by atoms with Crippen molar-refractivity contribution in [2.24, 2.45) is 0 Å². The second-order valence-corrected chi connectivity index (χ2v) is 8.72. The number of rotatable bonds is 4. The van der Waals surface area contributed by atoms with Gasteiger partial charge in [-0.1, -0.05) is 66.3 Å². The first-order valence-electron chi connectivity index (χ1n) is 8.62. The Morgan fingerprint density at radius 1 is 1.42 bits per heavy atom.